The zero-order valence-electron chi connectivity index (χ0n) is 16.9. The van der Waals surface area contributed by atoms with Gasteiger partial charge in [0, 0.05) is 42.1 Å². The van der Waals surface area contributed by atoms with E-state index < -0.39 is 0 Å². The summed E-state index contributed by atoms with van der Waals surface area (Å²) in [5.41, 5.74) is 2.91. The van der Waals surface area contributed by atoms with Gasteiger partial charge in [-0.2, -0.15) is 0 Å². The van der Waals surface area contributed by atoms with Crippen molar-refractivity contribution in [3.05, 3.63) is 76.0 Å². The van der Waals surface area contributed by atoms with Crippen molar-refractivity contribution in [3.8, 4) is 5.69 Å². The quantitative estimate of drug-likeness (QED) is 0.573. The first-order chi connectivity index (χ1) is 15.1. The van der Waals surface area contributed by atoms with Crippen molar-refractivity contribution < 1.29 is 9.59 Å². The number of halogens is 1. The van der Waals surface area contributed by atoms with Gasteiger partial charge in [-0.1, -0.05) is 39.3 Å². The van der Waals surface area contributed by atoms with Crippen LogP contribution < -0.4 is 0 Å². The third-order valence-electron chi connectivity index (χ3n) is 5.82. The van der Waals surface area contributed by atoms with Crippen molar-refractivity contribution in [1.29, 1.82) is 0 Å². The van der Waals surface area contributed by atoms with Crippen LogP contribution in [0.25, 0.3) is 5.69 Å². The largest absolute Gasteiger partial charge is 0.335 e. The summed E-state index contributed by atoms with van der Waals surface area (Å²) in [5.74, 6) is 0.225. The van der Waals surface area contributed by atoms with Gasteiger partial charge in [0.1, 0.15) is 0 Å². The third kappa shape index (κ3) is 3.99. The van der Waals surface area contributed by atoms with Crippen LogP contribution in [0.3, 0.4) is 0 Å². The fraction of sp³-hybridized carbons (Fsp3) is 0.304. The summed E-state index contributed by atoms with van der Waals surface area (Å²) in [7, 11) is 0. The lowest BCUT2D eigenvalue weighted by molar-refractivity contribution is 0.0531. The van der Waals surface area contributed by atoms with Gasteiger partial charge in [-0.15, -0.1) is 5.10 Å². The number of nitrogens with zero attached hydrogens (tertiary/aromatic N) is 5. The molecule has 8 heteroatoms. The average Bonchev–Trinajstić information content (AvgIpc) is 3.57. The molecule has 7 nitrogen and oxygen atoms in total. The minimum atomic E-state index is -0.0999. The molecule has 2 amide bonds. The van der Waals surface area contributed by atoms with Crippen LogP contribution >= 0.6 is 15.9 Å². The Hall–Kier alpha value is -3.00. The molecule has 2 fully saturated rings. The Bertz CT molecular complexity index is 1100. The van der Waals surface area contributed by atoms with Crippen LogP contribution in [-0.4, -0.2) is 62.8 Å². The molecule has 1 aliphatic heterocycles. The van der Waals surface area contributed by atoms with Gasteiger partial charge in [0.2, 0.25) is 0 Å². The zero-order valence-corrected chi connectivity index (χ0v) is 18.5. The van der Waals surface area contributed by atoms with Gasteiger partial charge in [-0.25, -0.2) is 4.68 Å². The van der Waals surface area contributed by atoms with E-state index in [0.29, 0.717) is 43.4 Å². The lowest BCUT2D eigenvalue weighted by Crippen LogP contribution is -2.50. The minimum absolute atomic E-state index is 0.00699. The normalized spacial score (nSPS) is 16.4. The van der Waals surface area contributed by atoms with Gasteiger partial charge in [0.25, 0.3) is 11.8 Å². The van der Waals surface area contributed by atoms with Crippen LogP contribution in [-0.2, 0) is 0 Å². The lowest BCUT2D eigenvalue weighted by Gasteiger charge is -2.34. The van der Waals surface area contributed by atoms with Gasteiger partial charge < -0.3 is 9.80 Å². The van der Waals surface area contributed by atoms with Crippen LogP contribution in [0.2, 0.25) is 0 Å². The van der Waals surface area contributed by atoms with Gasteiger partial charge in [0.05, 0.1) is 11.4 Å². The summed E-state index contributed by atoms with van der Waals surface area (Å²) in [4.78, 5) is 29.6. The second-order valence-electron chi connectivity index (χ2n) is 7.94. The van der Waals surface area contributed by atoms with Gasteiger partial charge in [-0.3, -0.25) is 9.59 Å². The number of hydrogen-bond donors (Lipinski definition) is 0. The van der Waals surface area contributed by atoms with Gasteiger partial charge in [-0.05, 0) is 49.2 Å². The lowest BCUT2D eigenvalue weighted by atomic mass is 10.1. The number of carbonyl (C=O) groups is 2. The van der Waals surface area contributed by atoms with E-state index in [-0.39, 0.29) is 11.8 Å². The predicted molar refractivity (Wildman–Crippen MR) is 119 cm³/mol. The fourth-order valence-corrected chi connectivity index (χ4v) is 4.23. The Morgan fingerprint density at radius 1 is 0.839 bits per heavy atom. The number of rotatable bonds is 4. The number of benzene rings is 2. The number of hydrogen-bond acceptors (Lipinski definition) is 4. The molecule has 0 spiro atoms. The van der Waals surface area contributed by atoms with E-state index in [1.54, 1.807) is 14.5 Å². The molecule has 0 N–H and O–H groups in total. The molecule has 0 unspecified atom stereocenters. The van der Waals surface area contributed by atoms with E-state index >= 15 is 0 Å². The number of piperazine rings is 1. The summed E-state index contributed by atoms with van der Waals surface area (Å²) >= 11 is 3.45. The Morgan fingerprint density at radius 3 is 2.06 bits per heavy atom. The van der Waals surface area contributed by atoms with E-state index in [1.807, 2.05) is 54.6 Å². The standard InChI is InChI=1S/C23H22BrN5O2/c24-18-8-10-19(11-9-18)29-21(16-6-7-16)20(25-26-29)23(31)28-14-12-27(13-15-28)22(30)17-4-2-1-3-5-17/h1-5,8-11,16H,6-7,12-15H2. The molecular weight excluding hydrogens is 458 g/mol. The Balaban J connectivity index is 1.32. The van der Waals surface area contributed by atoms with Crippen molar-refractivity contribution in [2.24, 2.45) is 0 Å². The van der Waals surface area contributed by atoms with Crippen LogP contribution in [0, 0.1) is 0 Å². The fourth-order valence-electron chi connectivity index (χ4n) is 3.96. The molecular formula is C23H22BrN5O2. The van der Waals surface area contributed by atoms with Crippen molar-refractivity contribution in [2.45, 2.75) is 18.8 Å². The minimum Gasteiger partial charge on any atom is -0.335 e. The van der Waals surface area contributed by atoms with Crippen LogP contribution in [0.15, 0.2) is 59.1 Å². The molecule has 0 bridgehead atoms. The van der Waals surface area contributed by atoms with E-state index in [4.69, 9.17) is 0 Å². The predicted octanol–water partition coefficient (Wildman–Crippen LogP) is 3.51. The number of amides is 2. The Kier molecular flexibility index (Phi) is 5.31. The molecule has 1 aliphatic carbocycles. The summed E-state index contributed by atoms with van der Waals surface area (Å²) in [6.45, 7) is 2.01. The third-order valence-corrected chi connectivity index (χ3v) is 6.35. The average molecular weight is 480 g/mol. The van der Waals surface area contributed by atoms with E-state index in [2.05, 4.69) is 26.2 Å². The smallest absolute Gasteiger partial charge is 0.276 e. The van der Waals surface area contributed by atoms with Gasteiger partial charge >= 0.3 is 0 Å². The molecule has 1 saturated heterocycles. The topological polar surface area (TPSA) is 71.3 Å². The van der Waals surface area contributed by atoms with Crippen molar-refractivity contribution in [2.75, 3.05) is 26.2 Å². The second-order valence-corrected chi connectivity index (χ2v) is 8.85. The molecule has 0 atom stereocenters. The SMILES string of the molecule is O=C(c1ccccc1)N1CCN(C(=O)c2nnn(-c3ccc(Br)cc3)c2C2CC2)CC1. The first-order valence-electron chi connectivity index (χ1n) is 10.5. The molecule has 1 aromatic heterocycles. The maximum Gasteiger partial charge on any atom is 0.276 e. The highest BCUT2D eigenvalue weighted by Gasteiger charge is 2.36. The highest BCUT2D eigenvalue weighted by Crippen LogP contribution is 2.42. The highest BCUT2D eigenvalue weighted by molar-refractivity contribution is 9.10. The maximum atomic E-state index is 13.3. The molecule has 31 heavy (non-hydrogen) atoms. The van der Waals surface area contributed by atoms with E-state index in [9.17, 15) is 9.59 Å². The maximum absolute atomic E-state index is 13.3. The van der Waals surface area contributed by atoms with Crippen LogP contribution in [0.5, 0.6) is 0 Å². The first kappa shape index (κ1) is 19.9. The summed E-state index contributed by atoms with van der Waals surface area (Å²) in [6, 6.07) is 17.1. The molecule has 3 aromatic rings. The first-order valence-corrected chi connectivity index (χ1v) is 11.3. The number of aromatic nitrogens is 3. The van der Waals surface area contributed by atoms with Crippen molar-refractivity contribution >= 4 is 27.7 Å². The zero-order chi connectivity index (χ0) is 21.4. The van der Waals surface area contributed by atoms with Gasteiger partial charge in [0.15, 0.2) is 5.69 Å². The summed E-state index contributed by atoms with van der Waals surface area (Å²) in [5, 5.41) is 8.60. The second kappa shape index (κ2) is 8.26. The summed E-state index contributed by atoms with van der Waals surface area (Å²) < 4.78 is 2.79. The van der Waals surface area contributed by atoms with Crippen LogP contribution in [0.4, 0.5) is 0 Å². The summed E-state index contributed by atoms with van der Waals surface area (Å²) in [6.07, 6.45) is 2.09. The van der Waals surface area contributed by atoms with E-state index in [0.717, 1.165) is 28.7 Å². The molecule has 1 saturated carbocycles. The molecule has 2 heterocycles. The van der Waals surface area contributed by atoms with Crippen LogP contribution in [0.1, 0.15) is 45.3 Å². The molecule has 5 rings (SSSR count). The molecule has 0 radical (unpaired) electrons. The number of carbonyl (C=O) groups excluding carboxylic acids is 2. The molecule has 158 valence electrons. The highest BCUT2D eigenvalue weighted by atomic mass is 79.9. The monoisotopic (exact) mass is 479 g/mol. The Morgan fingerprint density at radius 2 is 1.45 bits per heavy atom. The van der Waals surface area contributed by atoms with E-state index in [1.165, 1.54) is 0 Å². The van der Waals surface area contributed by atoms with Crippen molar-refractivity contribution in [1.82, 2.24) is 24.8 Å². The van der Waals surface area contributed by atoms with Crippen molar-refractivity contribution in [3.63, 3.8) is 0 Å². The molecule has 2 aliphatic rings. The Labute approximate surface area is 188 Å². The molecule has 2 aromatic carbocycles.